The van der Waals surface area contributed by atoms with Crippen molar-refractivity contribution in [3.05, 3.63) is 93.3 Å². The minimum Gasteiger partial charge on any atom is -0.503 e. The maximum atomic E-state index is 13.1. The summed E-state index contributed by atoms with van der Waals surface area (Å²) in [5, 5.41) is 12.5. The second kappa shape index (κ2) is 7.48. The van der Waals surface area contributed by atoms with Crippen molar-refractivity contribution in [1.82, 2.24) is 4.90 Å². The standard InChI is InChI=1S/C22H19NO4S/c1-14-9-10-16(27-14)20(24)18-19(17-8-5-13-28-17)23(22(26)21(18)25)12-11-15-6-3-2-4-7-15/h2-10,13,19,25H,11-12H2,1H3/t19-/m0/s1. The van der Waals surface area contributed by atoms with Gasteiger partial charge in [-0.1, -0.05) is 36.4 Å². The molecule has 0 radical (unpaired) electrons. The molecule has 0 fully saturated rings. The van der Waals surface area contributed by atoms with Gasteiger partial charge in [0.2, 0.25) is 5.78 Å². The number of carbonyl (C=O) groups is 2. The Morgan fingerprint density at radius 3 is 2.57 bits per heavy atom. The maximum absolute atomic E-state index is 13.1. The number of aryl methyl sites for hydroxylation is 1. The molecule has 142 valence electrons. The molecule has 1 amide bonds. The zero-order valence-corrected chi connectivity index (χ0v) is 16.1. The first kappa shape index (κ1) is 18.3. The number of aliphatic hydroxyl groups excluding tert-OH is 1. The van der Waals surface area contributed by atoms with E-state index in [9.17, 15) is 14.7 Å². The van der Waals surface area contributed by atoms with Crippen molar-refractivity contribution >= 4 is 23.0 Å². The predicted octanol–water partition coefficient (Wildman–Crippen LogP) is 4.47. The van der Waals surface area contributed by atoms with Gasteiger partial charge < -0.3 is 14.4 Å². The fourth-order valence-corrected chi connectivity index (χ4v) is 4.29. The summed E-state index contributed by atoms with van der Waals surface area (Å²) in [6.45, 7) is 2.14. The minimum absolute atomic E-state index is 0.0786. The van der Waals surface area contributed by atoms with Crippen LogP contribution in [0, 0.1) is 6.92 Å². The maximum Gasteiger partial charge on any atom is 0.290 e. The molecule has 0 spiro atoms. The first-order valence-corrected chi connectivity index (χ1v) is 9.87. The molecule has 5 nitrogen and oxygen atoms in total. The highest BCUT2D eigenvalue weighted by molar-refractivity contribution is 7.10. The zero-order chi connectivity index (χ0) is 19.7. The van der Waals surface area contributed by atoms with Crippen LogP contribution in [0.4, 0.5) is 0 Å². The first-order chi connectivity index (χ1) is 13.6. The summed E-state index contributed by atoms with van der Waals surface area (Å²) >= 11 is 1.45. The minimum atomic E-state index is -0.617. The fourth-order valence-electron chi connectivity index (χ4n) is 3.44. The Morgan fingerprint density at radius 2 is 1.93 bits per heavy atom. The Balaban J connectivity index is 1.68. The average molecular weight is 393 g/mol. The summed E-state index contributed by atoms with van der Waals surface area (Å²) in [6.07, 6.45) is 0.628. The van der Waals surface area contributed by atoms with Crippen LogP contribution in [0.25, 0.3) is 0 Å². The zero-order valence-electron chi connectivity index (χ0n) is 15.3. The van der Waals surface area contributed by atoms with Crippen LogP contribution in [0.5, 0.6) is 0 Å². The third-order valence-electron chi connectivity index (χ3n) is 4.81. The molecule has 1 aliphatic heterocycles. The molecule has 6 heteroatoms. The second-order valence-corrected chi connectivity index (χ2v) is 7.63. The lowest BCUT2D eigenvalue weighted by Crippen LogP contribution is -2.32. The van der Waals surface area contributed by atoms with E-state index in [1.54, 1.807) is 24.0 Å². The molecule has 1 N–H and O–H groups in total. The van der Waals surface area contributed by atoms with Crippen LogP contribution >= 0.6 is 11.3 Å². The van der Waals surface area contributed by atoms with Crippen molar-refractivity contribution in [1.29, 1.82) is 0 Å². The largest absolute Gasteiger partial charge is 0.503 e. The molecular formula is C22H19NO4S. The molecule has 1 aromatic carbocycles. The Hall–Kier alpha value is -3.12. The van der Waals surface area contributed by atoms with Gasteiger partial charge in [0.15, 0.2) is 11.5 Å². The Bertz CT molecular complexity index is 1030. The fraction of sp³-hybridized carbons (Fsp3) is 0.182. The van der Waals surface area contributed by atoms with E-state index in [-0.39, 0.29) is 11.3 Å². The van der Waals surface area contributed by atoms with Gasteiger partial charge in [-0.25, -0.2) is 0 Å². The predicted molar refractivity (Wildman–Crippen MR) is 106 cm³/mol. The summed E-state index contributed by atoms with van der Waals surface area (Å²) in [4.78, 5) is 28.3. The molecule has 0 unspecified atom stereocenters. The molecule has 0 bridgehead atoms. The van der Waals surface area contributed by atoms with E-state index in [0.717, 1.165) is 10.4 Å². The number of hydrogen-bond acceptors (Lipinski definition) is 5. The van der Waals surface area contributed by atoms with Crippen LogP contribution in [-0.4, -0.2) is 28.2 Å². The summed E-state index contributed by atoms with van der Waals surface area (Å²) in [6, 6.07) is 16.2. The van der Waals surface area contributed by atoms with Crippen molar-refractivity contribution in [2.24, 2.45) is 0 Å². The van der Waals surface area contributed by atoms with E-state index in [2.05, 4.69) is 0 Å². The van der Waals surface area contributed by atoms with Crippen molar-refractivity contribution in [2.75, 3.05) is 6.54 Å². The summed E-state index contributed by atoms with van der Waals surface area (Å²) < 4.78 is 5.45. The molecule has 3 aromatic rings. The van der Waals surface area contributed by atoms with Gasteiger partial charge >= 0.3 is 0 Å². The third kappa shape index (κ3) is 3.27. The number of ketones is 1. The lowest BCUT2D eigenvalue weighted by atomic mass is 10.00. The summed E-state index contributed by atoms with van der Waals surface area (Å²) in [5.41, 5.74) is 1.16. The molecule has 1 aliphatic rings. The van der Waals surface area contributed by atoms with Crippen LogP contribution < -0.4 is 0 Å². The molecule has 3 heterocycles. The number of benzene rings is 1. The van der Waals surface area contributed by atoms with Gasteiger partial charge in [-0.05, 0) is 42.5 Å². The van der Waals surface area contributed by atoms with E-state index in [4.69, 9.17) is 4.42 Å². The Kier molecular flexibility index (Phi) is 4.88. The van der Waals surface area contributed by atoms with E-state index < -0.39 is 23.5 Å². The molecule has 0 saturated carbocycles. The van der Waals surface area contributed by atoms with Gasteiger partial charge in [0, 0.05) is 11.4 Å². The molecule has 1 atom stereocenters. The van der Waals surface area contributed by atoms with E-state index in [0.29, 0.717) is 18.7 Å². The number of rotatable bonds is 6. The van der Waals surface area contributed by atoms with Crippen LogP contribution in [0.15, 0.2) is 75.7 Å². The van der Waals surface area contributed by atoms with Gasteiger partial charge in [-0.2, -0.15) is 0 Å². The van der Waals surface area contributed by atoms with Crippen LogP contribution in [0.3, 0.4) is 0 Å². The van der Waals surface area contributed by atoms with Gasteiger partial charge in [0.05, 0.1) is 11.6 Å². The lowest BCUT2D eigenvalue weighted by molar-refractivity contribution is -0.129. The number of furan rings is 1. The van der Waals surface area contributed by atoms with Gasteiger partial charge in [0.25, 0.3) is 5.91 Å². The van der Waals surface area contributed by atoms with Crippen molar-refractivity contribution in [3.8, 4) is 0 Å². The number of carbonyl (C=O) groups excluding carboxylic acids is 2. The van der Waals surface area contributed by atoms with Crippen LogP contribution in [0.2, 0.25) is 0 Å². The number of hydrogen-bond donors (Lipinski definition) is 1. The highest BCUT2D eigenvalue weighted by Gasteiger charge is 2.44. The Labute approximate surface area is 166 Å². The second-order valence-electron chi connectivity index (χ2n) is 6.65. The van der Waals surface area contributed by atoms with Gasteiger partial charge in [0.1, 0.15) is 5.76 Å². The first-order valence-electron chi connectivity index (χ1n) is 8.99. The van der Waals surface area contributed by atoms with Gasteiger partial charge in [-0.15, -0.1) is 11.3 Å². The highest BCUT2D eigenvalue weighted by atomic mass is 32.1. The number of thiophene rings is 1. The topological polar surface area (TPSA) is 70.8 Å². The quantitative estimate of drug-likeness (QED) is 0.627. The van der Waals surface area contributed by atoms with Crippen LogP contribution in [-0.2, 0) is 11.2 Å². The summed E-state index contributed by atoms with van der Waals surface area (Å²) in [7, 11) is 0. The lowest BCUT2D eigenvalue weighted by Gasteiger charge is -2.25. The SMILES string of the molecule is Cc1ccc(C(=O)C2=C(O)C(=O)N(CCc3ccccc3)[C@H]2c2cccs2)o1. The van der Waals surface area contributed by atoms with E-state index >= 15 is 0 Å². The molecule has 0 saturated heterocycles. The molecule has 28 heavy (non-hydrogen) atoms. The number of amides is 1. The highest BCUT2D eigenvalue weighted by Crippen LogP contribution is 2.40. The number of Topliss-reactive ketones (excluding diaryl/α,β-unsaturated/α-hetero) is 1. The smallest absolute Gasteiger partial charge is 0.290 e. The number of aliphatic hydroxyl groups is 1. The van der Waals surface area contributed by atoms with Crippen LogP contribution in [0.1, 0.15) is 32.8 Å². The van der Waals surface area contributed by atoms with Gasteiger partial charge in [-0.3, -0.25) is 9.59 Å². The molecule has 2 aromatic heterocycles. The molecular weight excluding hydrogens is 374 g/mol. The molecule has 4 rings (SSSR count). The normalized spacial score (nSPS) is 16.8. The van der Waals surface area contributed by atoms with E-state index in [1.807, 2.05) is 47.8 Å². The average Bonchev–Trinajstić information content (AvgIpc) is 3.42. The molecule has 0 aliphatic carbocycles. The van der Waals surface area contributed by atoms with Crippen molar-refractivity contribution in [2.45, 2.75) is 19.4 Å². The van der Waals surface area contributed by atoms with Crippen molar-refractivity contribution in [3.63, 3.8) is 0 Å². The number of nitrogens with zero attached hydrogens (tertiary/aromatic N) is 1. The van der Waals surface area contributed by atoms with E-state index in [1.165, 1.54) is 11.3 Å². The monoisotopic (exact) mass is 393 g/mol. The Morgan fingerprint density at radius 1 is 1.14 bits per heavy atom. The third-order valence-corrected chi connectivity index (χ3v) is 5.73. The van der Waals surface area contributed by atoms with Crippen molar-refractivity contribution < 1.29 is 19.1 Å². The summed E-state index contributed by atoms with van der Waals surface area (Å²) in [5.74, 6) is -0.759.